The second kappa shape index (κ2) is 6.88. The van der Waals surface area contributed by atoms with E-state index in [1.165, 1.54) is 30.7 Å². The second-order valence-corrected chi connectivity index (χ2v) is 10.3. The van der Waals surface area contributed by atoms with E-state index < -0.39 is 21.5 Å². The molecule has 0 saturated heterocycles. The number of rotatable bonds is 6. The van der Waals surface area contributed by atoms with E-state index in [0.29, 0.717) is 17.4 Å². The standard InChI is InChI=1S/C21H27N3O4S/c1-12(13-4-5-13)16-8-6-14-7-9-17(14)19(16)23-20(25)24-29(22,27)18-10-15(11-28-18)21(2,3)26/h6,8,10-13,26H,4-5,7,9H2,1-3H3,(H3,22,23,24,25,27)/t12-,29-/m1/s1. The Morgan fingerprint density at radius 1 is 1.34 bits per heavy atom. The van der Waals surface area contributed by atoms with Crippen molar-refractivity contribution >= 4 is 21.6 Å². The largest absolute Gasteiger partial charge is 0.452 e. The number of aliphatic hydroxyl groups is 1. The lowest BCUT2D eigenvalue weighted by Gasteiger charge is -2.27. The summed E-state index contributed by atoms with van der Waals surface area (Å²) in [6.07, 6.45) is 5.54. The maximum Gasteiger partial charge on any atom is 0.332 e. The zero-order chi connectivity index (χ0) is 21.0. The summed E-state index contributed by atoms with van der Waals surface area (Å²) in [7, 11) is -3.70. The Morgan fingerprint density at radius 3 is 2.62 bits per heavy atom. The summed E-state index contributed by atoms with van der Waals surface area (Å²) < 4.78 is 28.3. The number of benzene rings is 1. The summed E-state index contributed by atoms with van der Waals surface area (Å²) in [5.74, 6) is 0.983. The highest BCUT2D eigenvalue weighted by molar-refractivity contribution is 7.91. The van der Waals surface area contributed by atoms with Crippen LogP contribution < -0.4 is 10.0 Å². The lowest BCUT2D eigenvalue weighted by atomic mass is 9.82. The minimum atomic E-state index is -3.70. The van der Waals surface area contributed by atoms with Gasteiger partial charge in [-0.1, -0.05) is 19.1 Å². The van der Waals surface area contributed by atoms with Crippen LogP contribution in [0, 0.1) is 10.7 Å². The van der Waals surface area contributed by atoms with Crippen LogP contribution in [0.1, 0.15) is 61.8 Å². The number of amides is 2. The molecule has 1 aromatic heterocycles. The third-order valence-electron chi connectivity index (χ3n) is 5.95. The summed E-state index contributed by atoms with van der Waals surface area (Å²) in [6, 6.07) is 4.85. The van der Waals surface area contributed by atoms with E-state index >= 15 is 0 Å². The number of carbonyl (C=O) groups excluding carboxylic acids is 1. The molecule has 0 radical (unpaired) electrons. The number of furan rings is 1. The van der Waals surface area contributed by atoms with Crippen LogP contribution >= 0.6 is 0 Å². The molecule has 2 atom stereocenters. The first kappa shape index (κ1) is 20.0. The summed E-state index contributed by atoms with van der Waals surface area (Å²) >= 11 is 0. The van der Waals surface area contributed by atoms with Gasteiger partial charge in [-0.05, 0) is 68.1 Å². The highest BCUT2D eigenvalue weighted by atomic mass is 32.2. The van der Waals surface area contributed by atoms with Crippen LogP contribution in [0.25, 0.3) is 0 Å². The number of hydrogen-bond acceptors (Lipinski definition) is 5. The highest BCUT2D eigenvalue weighted by Gasteiger charge is 2.33. The van der Waals surface area contributed by atoms with Gasteiger partial charge in [-0.15, -0.1) is 0 Å². The van der Waals surface area contributed by atoms with E-state index in [4.69, 9.17) is 9.20 Å². The van der Waals surface area contributed by atoms with Crippen LogP contribution in [0.2, 0.25) is 0 Å². The summed E-state index contributed by atoms with van der Waals surface area (Å²) in [4.78, 5) is 12.6. The molecule has 2 amide bonds. The van der Waals surface area contributed by atoms with Gasteiger partial charge in [0, 0.05) is 17.3 Å². The van der Waals surface area contributed by atoms with Gasteiger partial charge in [0.15, 0.2) is 9.92 Å². The molecule has 2 aliphatic rings. The van der Waals surface area contributed by atoms with Gasteiger partial charge < -0.3 is 14.8 Å². The predicted molar refractivity (Wildman–Crippen MR) is 110 cm³/mol. The Hall–Kier alpha value is -2.32. The van der Waals surface area contributed by atoms with Crippen LogP contribution in [0.3, 0.4) is 0 Å². The molecular weight excluding hydrogens is 390 g/mol. The van der Waals surface area contributed by atoms with Gasteiger partial charge in [-0.25, -0.2) is 18.5 Å². The number of anilines is 1. The lowest BCUT2D eigenvalue weighted by Crippen LogP contribution is -2.34. The molecule has 4 rings (SSSR count). The summed E-state index contributed by atoms with van der Waals surface area (Å²) in [6.45, 7) is 5.29. The molecule has 156 valence electrons. The van der Waals surface area contributed by atoms with E-state index in [2.05, 4.69) is 29.1 Å². The van der Waals surface area contributed by atoms with Crippen LogP contribution in [0.15, 0.2) is 34.0 Å². The van der Waals surface area contributed by atoms with Gasteiger partial charge in [0.2, 0.25) is 5.09 Å². The fraction of sp³-hybridized carbons (Fsp3) is 0.476. The maximum absolute atomic E-state index is 12.8. The number of hydrogen-bond donors (Lipinski definition) is 4. The van der Waals surface area contributed by atoms with E-state index in [1.54, 1.807) is 13.8 Å². The maximum atomic E-state index is 12.8. The van der Waals surface area contributed by atoms with Gasteiger partial charge in [0.25, 0.3) is 0 Å². The molecule has 7 nitrogen and oxygen atoms in total. The molecule has 8 heteroatoms. The van der Waals surface area contributed by atoms with Gasteiger partial charge in [-0.2, -0.15) is 0 Å². The normalized spacial score (nSPS) is 18.9. The first-order chi connectivity index (χ1) is 13.6. The van der Waals surface area contributed by atoms with Gasteiger partial charge in [0.05, 0.1) is 11.9 Å². The Labute approximate surface area is 171 Å². The van der Waals surface area contributed by atoms with Crippen molar-refractivity contribution in [2.75, 3.05) is 5.32 Å². The van der Waals surface area contributed by atoms with Crippen LogP contribution in [0.5, 0.6) is 0 Å². The zero-order valence-electron chi connectivity index (χ0n) is 16.9. The average Bonchev–Trinajstić information content (AvgIpc) is 3.29. The predicted octanol–water partition coefficient (Wildman–Crippen LogP) is 4.26. The number of urea groups is 1. The van der Waals surface area contributed by atoms with Crippen molar-refractivity contribution in [3.05, 3.63) is 46.7 Å². The molecule has 4 N–H and O–H groups in total. The Kier molecular flexibility index (Phi) is 4.74. The number of aryl methyl sites for hydroxylation is 1. The molecule has 1 fully saturated rings. The van der Waals surface area contributed by atoms with E-state index in [9.17, 15) is 14.1 Å². The minimum Gasteiger partial charge on any atom is -0.452 e. The first-order valence-electron chi connectivity index (χ1n) is 9.90. The molecule has 29 heavy (non-hydrogen) atoms. The Balaban J connectivity index is 1.54. The smallest absolute Gasteiger partial charge is 0.332 e. The van der Waals surface area contributed by atoms with Crippen LogP contribution in [-0.4, -0.2) is 15.3 Å². The Bertz CT molecular complexity index is 1060. The van der Waals surface area contributed by atoms with Crippen molar-refractivity contribution in [3.8, 4) is 0 Å². The fourth-order valence-corrected chi connectivity index (χ4v) is 4.69. The number of nitrogens with one attached hydrogen (secondary N) is 3. The van der Waals surface area contributed by atoms with Crippen molar-refractivity contribution in [3.63, 3.8) is 0 Å². The summed E-state index contributed by atoms with van der Waals surface area (Å²) in [5, 5.41) is 12.7. The second-order valence-electron chi connectivity index (χ2n) is 8.62. The first-order valence-corrected chi connectivity index (χ1v) is 11.5. The number of fused-ring (bicyclic) bond motifs is 1. The monoisotopic (exact) mass is 417 g/mol. The highest BCUT2D eigenvalue weighted by Crippen LogP contribution is 2.46. The van der Waals surface area contributed by atoms with Gasteiger partial charge >= 0.3 is 6.03 Å². The van der Waals surface area contributed by atoms with Crippen molar-refractivity contribution in [1.82, 2.24) is 4.72 Å². The molecule has 2 aliphatic carbocycles. The van der Waals surface area contributed by atoms with E-state index in [1.807, 2.05) is 0 Å². The fourth-order valence-electron chi connectivity index (χ4n) is 3.80. The van der Waals surface area contributed by atoms with Crippen LogP contribution in [0.4, 0.5) is 10.5 Å². The molecule has 2 aromatic rings. The minimum absolute atomic E-state index is 0.197. The molecule has 0 spiro atoms. The topological polar surface area (TPSA) is 115 Å². The van der Waals surface area contributed by atoms with Crippen molar-refractivity contribution in [1.29, 1.82) is 4.78 Å². The molecule has 0 aliphatic heterocycles. The van der Waals surface area contributed by atoms with Crippen molar-refractivity contribution in [2.24, 2.45) is 5.92 Å². The zero-order valence-corrected chi connectivity index (χ0v) is 17.7. The van der Waals surface area contributed by atoms with Gasteiger partial charge in [0.1, 0.15) is 0 Å². The molecule has 1 heterocycles. The van der Waals surface area contributed by atoms with Crippen LogP contribution in [-0.2, 0) is 28.4 Å². The molecular formula is C21H27N3O4S. The summed E-state index contributed by atoms with van der Waals surface area (Å²) in [5.41, 5.74) is 3.43. The Morgan fingerprint density at radius 2 is 2.07 bits per heavy atom. The SMILES string of the molecule is C[C@@H](c1ccc2c(c1NC(=O)N[S@@](=N)(=O)c1cc(C(C)(C)O)co1)CC2)C1CC1. The lowest BCUT2D eigenvalue weighted by molar-refractivity contribution is 0.0779. The molecule has 1 saturated carbocycles. The van der Waals surface area contributed by atoms with Crippen molar-refractivity contribution < 1.29 is 18.5 Å². The van der Waals surface area contributed by atoms with E-state index in [-0.39, 0.29) is 5.09 Å². The third kappa shape index (κ3) is 3.91. The van der Waals surface area contributed by atoms with E-state index in [0.717, 1.165) is 29.7 Å². The quantitative estimate of drug-likeness (QED) is 0.562. The number of carbonyl (C=O) groups is 1. The third-order valence-corrected chi connectivity index (χ3v) is 7.20. The average molecular weight is 418 g/mol. The molecule has 1 aromatic carbocycles. The molecule has 0 bridgehead atoms. The molecule has 0 unspecified atom stereocenters. The van der Waals surface area contributed by atoms with Crippen molar-refractivity contribution in [2.45, 2.75) is 63.1 Å². The van der Waals surface area contributed by atoms with Gasteiger partial charge in [-0.3, -0.25) is 0 Å².